The summed E-state index contributed by atoms with van der Waals surface area (Å²) >= 11 is 0. The van der Waals surface area contributed by atoms with E-state index in [-0.39, 0.29) is 69.0 Å². The summed E-state index contributed by atoms with van der Waals surface area (Å²) in [7, 11) is 0. The lowest BCUT2D eigenvalue weighted by molar-refractivity contribution is 0.0877. The second-order valence-corrected chi connectivity index (χ2v) is 43.8. The van der Waals surface area contributed by atoms with Crippen LogP contribution in [-0.4, -0.2) is 23.6 Å². The van der Waals surface area contributed by atoms with Gasteiger partial charge in [-0.1, -0.05) is 321 Å². The van der Waals surface area contributed by atoms with Crippen LogP contribution in [0.1, 0.15) is 270 Å². The molecule has 0 fully saturated rings. The Morgan fingerprint density at radius 3 is 0.649 bits per heavy atom. The summed E-state index contributed by atoms with van der Waals surface area (Å²) in [5, 5.41) is 14.0. The highest BCUT2D eigenvalue weighted by Crippen LogP contribution is 2.62. The number of hydrogen-bond acceptors (Lipinski definition) is 8. The zero-order chi connectivity index (χ0) is 93.2. The van der Waals surface area contributed by atoms with E-state index in [2.05, 4.69) is 284 Å². The van der Waals surface area contributed by atoms with Gasteiger partial charge in [0.1, 0.15) is 46.0 Å². The number of anilines is 2. The van der Waals surface area contributed by atoms with Crippen molar-refractivity contribution in [2.24, 2.45) is 23.7 Å². The third-order valence-electron chi connectivity index (χ3n) is 29.9. The van der Waals surface area contributed by atoms with E-state index >= 15 is 19.2 Å². The van der Waals surface area contributed by atoms with Gasteiger partial charge < -0.3 is 18.9 Å². The van der Waals surface area contributed by atoms with Crippen molar-refractivity contribution in [1.29, 1.82) is 0 Å². The van der Waals surface area contributed by atoms with Gasteiger partial charge >= 0.3 is 0 Å². The first-order chi connectivity index (χ1) is 63.9. The molecule has 2 aliphatic heterocycles. The first-order valence-corrected chi connectivity index (χ1v) is 47.9. The van der Waals surface area contributed by atoms with E-state index < -0.39 is 23.6 Å². The Morgan fingerprint density at radius 2 is 0.448 bits per heavy atom. The fourth-order valence-electron chi connectivity index (χ4n) is 22.9. The van der Waals surface area contributed by atoms with Gasteiger partial charge in [-0.2, -0.15) is 0 Å². The molecule has 10 heteroatoms. The first kappa shape index (κ1) is 84.3. The average molecular weight is 1760 g/mol. The molecule has 10 nitrogen and oxygen atoms in total. The molecular weight excluding hydrogens is 1650 g/mol. The summed E-state index contributed by atoms with van der Waals surface area (Å²) in [5.74, 6) is 2.90. The minimum atomic E-state index is -0.402. The lowest BCUT2D eigenvalue weighted by atomic mass is 9.75. The Bertz CT molecular complexity index is 7170. The summed E-state index contributed by atoms with van der Waals surface area (Å²) in [6.07, 6.45) is 19.8. The topological polar surface area (TPSA) is 112 Å². The van der Waals surface area contributed by atoms with Crippen molar-refractivity contribution in [3.8, 4) is 46.0 Å². The van der Waals surface area contributed by atoms with E-state index in [1.807, 2.05) is 109 Å². The number of carbonyl (C=O) groups is 4. The zero-order valence-electron chi connectivity index (χ0n) is 80.0. The summed E-state index contributed by atoms with van der Waals surface area (Å²) in [5.41, 5.74) is 19.9. The van der Waals surface area contributed by atoms with Crippen molar-refractivity contribution in [2.45, 2.75) is 184 Å². The van der Waals surface area contributed by atoms with Crippen molar-refractivity contribution in [2.75, 3.05) is 9.80 Å². The molecule has 2 heterocycles. The predicted octanol–water partition coefficient (Wildman–Crippen LogP) is 33.1. The van der Waals surface area contributed by atoms with E-state index in [4.69, 9.17) is 18.9 Å². The number of amides is 4. The molecule has 7 aliphatic rings. The molecule has 4 atom stereocenters. The monoisotopic (exact) mass is 1750 g/mol. The quantitative estimate of drug-likeness (QED) is 0.0458. The van der Waals surface area contributed by atoms with Gasteiger partial charge in [0, 0.05) is 66.8 Å². The van der Waals surface area contributed by atoms with Crippen LogP contribution in [0.25, 0.3) is 108 Å². The molecule has 2 unspecified atom stereocenters. The number of ether oxygens (including phenoxy) is 4. The van der Waals surface area contributed by atoms with Gasteiger partial charge in [-0.25, -0.2) is 9.80 Å². The van der Waals surface area contributed by atoms with Gasteiger partial charge in [0.15, 0.2) is 0 Å². The highest BCUT2D eigenvalue weighted by atomic mass is 16.5. The second kappa shape index (κ2) is 29.8. The predicted molar refractivity (Wildman–Crippen MR) is 552 cm³/mol. The maximum Gasteiger partial charge on any atom is 0.266 e. The number of carbonyl (C=O) groups excluding carboxylic acids is 4. The van der Waals surface area contributed by atoms with Crippen molar-refractivity contribution < 1.29 is 38.1 Å². The number of allylic oxidation sites excluding steroid dienone is 12. The van der Waals surface area contributed by atoms with Gasteiger partial charge in [0.25, 0.3) is 23.6 Å². The van der Waals surface area contributed by atoms with Crippen LogP contribution in [-0.2, 0) is 21.7 Å². The van der Waals surface area contributed by atoms with Crippen LogP contribution in [0.15, 0.2) is 255 Å². The van der Waals surface area contributed by atoms with Gasteiger partial charge in [0.05, 0.1) is 33.6 Å². The van der Waals surface area contributed by atoms with Crippen molar-refractivity contribution in [3.63, 3.8) is 0 Å². The van der Waals surface area contributed by atoms with E-state index in [1.165, 1.54) is 32.1 Å². The van der Waals surface area contributed by atoms with E-state index in [0.717, 1.165) is 142 Å². The Kier molecular flexibility index (Phi) is 18.7. The van der Waals surface area contributed by atoms with Crippen LogP contribution < -0.4 is 28.7 Å². The van der Waals surface area contributed by atoms with Gasteiger partial charge in [-0.15, -0.1) is 0 Å². The van der Waals surface area contributed by atoms with Crippen molar-refractivity contribution >= 4 is 143 Å². The molecule has 134 heavy (non-hydrogen) atoms. The molecule has 16 aromatic carbocycles. The maximum absolute atomic E-state index is 16.3. The molecule has 0 saturated carbocycles. The fourth-order valence-corrected chi connectivity index (χ4v) is 22.9. The van der Waals surface area contributed by atoms with E-state index in [1.54, 1.807) is 0 Å². The molecule has 5 aliphatic carbocycles. The van der Waals surface area contributed by atoms with Crippen LogP contribution in [0.4, 0.5) is 11.4 Å². The van der Waals surface area contributed by atoms with Gasteiger partial charge in [-0.05, 0) is 250 Å². The number of fused-ring (bicyclic) bond motifs is 12. The molecule has 664 valence electrons. The Morgan fingerprint density at radius 1 is 0.239 bits per heavy atom. The van der Waals surface area contributed by atoms with Crippen LogP contribution in [0.2, 0.25) is 0 Å². The van der Waals surface area contributed by atoms with E-state index in [0.29, 0.717) is 90.4 Å². The molecule has 4 amide bonds. The summed E-state index contributed by atoms with van der Waals surface area (Å²) in [4.78, 5) is 68.0. The number of rotatable bonds is 14. The third-order valence-corrected chi connectivity index (χ3v) is 29.9. The molecule has 0 saturated heterocycles. The Labute approximate surface area is 783 Å². The highest BCUT2D eigenvalue weighted by Gasteiger charge is 2.46. The molecule has 0 bridgehead atoms. The molecular formula is C124H110N2O8. The number of nitrogens with zero attached hydrogens (tertiary/aromatic N) is 2. The smallest absolute Gasteiger partial charge is 0.266 e. The Balaban J connectivity index is 0.681. The summed E-state index contributed by atoms with van der Waals surface area (Å²) < 4.78 is 29.5. The van der Waals surface area contributed by atoms with Gasteiger partial charge in [-0.3, -0.25) is 19.2 Å². The number of para-hydroxylation sites is 2. The zero-order valence-corrected chi connectivity index (χ0v) is 80.0. The normalized spacial score (nSPS) is 18.0. The highest BCUT2D eigenvalue weighted by molar-refractivity contribution is 6.48. The summed E-state index contributed by atoms with van der Waals surface area (Å²) in [6.45, 7) is 43.4. The number of benzene rings is 16. The van der Waals surface area contributed by atoms with Crippen molar-refractivity contribution in [1.82, 2.24) is 0 Å². The first-order valence-electron chi connectivity index (χ1n) is 47.9. The second-order valence-electron chi connectivity index (χ2n) is 43.8. The summed E-state index contributed by atoms with van der Waals surface area (Å²) in [6, 6.07) is 71.4. The lowest BCUT2D eigenvalue weighted by Gasteiger charge is -2.33. The third kappa shape index (κ3) is 12.8. The molecule has 16 aromatic rings. The van der Waals surface area contributed by atoms with Crippen LogP contribution >= 0.6 is 0 Å². The average Bonchev–Trinajstić information content (AvgIpc) is 1.41. The van der Waals surface area contributed by atoms with Gasteiger partial charge in [0.2, 0.25) is 0 Å². The van der Waals surface area contributed by atoms with Crippen LogP contribution in [0.3, 0.4) is 0 Å². The minimum absolute atomic E-state index is 0.00846. The van der Waals surface area contributed by atoms with Crippen molar-refractivity contribution in [3.05, 3.63) is 344 Å². The SMILES string of the molecule is CC(C)c1cccc(C(C)C)c1N1C(=O)c2cc(Oc3ccc(C(C)(C)C)cc3)c3c4ccc5c6c(ccc(c7c(Oc8ccc(C(C)(C)C)cc8)cc(c2c37)C1=O)c64)C1=C[C@@H]2/C=C\[C@@H]3C=C4C(=CC3/C=C\C2C=C15)c1ccc2c3c(Oc5ccc(C(C)(C)C)cc5)cc5c6c(cc(Oc7ccc(C(C)(C)C)cc7)c(c7ccc4c1c27)c63)C(=O)N(c1c(C(C)C)cccc1C(C)C)C5=O. The van der Waals surface area contributed by atoms with Crippen LogP contribution in [0, 0.1) is 23.7 Å². The lowest BCUT2D eigenvalue weighted by Crippen LogP contribution is -2.42. The molecule has 0 radical (unpaired) electrons. The largest absolute Gasteiger partial charge is 0.457 e. The maximum atomic E-state index is 16.3. The standard InChI is InChI=1S/C124H110N2O8/c1-63(2)79-23-21-24-80(64(3)4)115(79)125-117(127)95-59-99(131-75-39-31-71(32-40-75)121(9,10)11)109-87-51-47-83-91-55-67-27-29-69-57-93-85-49-53-89-106-90(54-50-86(104(85)106)94(93)58-70(69)30-28-68(67)56-92(91)84-48-52-88(105(87)103(83)84)110-100(60-96(118(125)128)107(95)113(109)110)132-76-41-33-72(34-42-76)122(12,13)14)112-102(134-78-45-37-74(38-46-78)124(18,19)20)62-98-108-97(61-101(111(89)114(108)112)133-77-43-35-73(36-44-77)123(15,16)17)119(129)126(120(98)130)116-81(65(5)6)25-22-26-82(116)66(7)8/h21-70H,1-20H3/b29-27-,30-28-/t67-,68?,69+,70?. The number of imide groups is 2. The number of hydrogen-bond donors (Lipinski definition) is 0. The molecule has 0 aromatic heterocycles. The fraction of sp³-hybridized carbons (Fsp3) is 0.258. The van der Waals surface area contributed by atoms with E-state index in [9.17, 15) is 0 Å². The molecule has 23 rings (SSSR count). The molecule has 0 spiro atoms. The Hall–Kier alpha value is -14.0. The minimum Gasteiger partial charge on any atom is -0.457 e. The van der Waals surface area contributed by atoms with Crippen LogP contribution in [0.5, 0.6) is 46.0 Å². The molecule has 0 N–H and O–H groups in total.